The first kappa shape index (κ1) is 15.3. The zero-order chi connectivity index (χ0) is 12.6. The zero-order valence-corrected chi connectivity index (χ0v) is 10.9. The molecule has 0 fully saturated rings. The minimum absolute atomic E-state index is 0.0120. The number of hydrogen-bond donors (Lipinski definition) is 1. The Labute approximate surface area is 102 Å². The number of ether oxygens (including phenoxy) is 2. The predicted octanol–water partition coefficient (Wildman–Crippen LogP) is 0.173. The highest BCUT2D eigenvalue weighted by atomic mass is 32.1. The van der Waals surface area contributed by atoms with Crippen molar-refractivity contribution in [2.75, 3.05) is 34.0 Å². The Morgan fingerprint density at radius 3 is 2.50 bits per heavy atom. The van der Waals surface area contributed by atoms with Gasteiger partial charge in [0.05, 0.1) is 30.7 Å². The Morgan fingerprint density at radius 1 is 1.44 bits per heavy atom. The first-order valence-electron chi connectivity index (χ1n) is 5.08. The first-order valence-corrected chi connectivity index (χ1v) is 5.49. The summed E-state index contributed by atoms with van der Waals surface area (Å²) in [5.41, 5.74) is 5.36. The van der Waals surface area contributed by atoms with Crippen molar-refractivity contribution in [2.45, 2.75) is 19.4 Å². The third-order valence-electron chi connectivity index (χ3n) is 2.12. The predicted molar refractivity (Wildman–Crippen MR) is 66.3 cm³/mol. The van der Waals surface area contributed by atoms with Crippen LogP contribution in [0.4, 0.5) is 0 Å². The second-order valence-corrected chi connectivity index (χ2v) is 4.05. The largest absolute Gasteiger partial charge is 0.393 e. The average molecular weight is 248 g/mol. The lowest BCUT2D eigenvalue weighted by Crippen LogP contribution is -2.44. The van der Waals surface area contributed by atoms with Crippen molar-refractivity contribution in [3.8, 4) is 0 Å². The number of nitrogens with zero attached hydrogens (tertiary/aromatic N) is 1. The number of amides is 1. The lowest BCUT2D eigenvalue weighted by atomic mass is 10.2. The molecule has 0 aliphatic carbocycles. The molecular weight excluding hydrogens is 228 g/mol. The molecule has 0 aromatic heterocycles. The molecule has 1 unspecified atom stereocenters. The number of nitrogens with two attached hydrogens (primary N) is 1. The van der Waals surface area contributed by atoms with Gasteiger partial charge in [0, 0.05) is 20.8 Å². The van der Waals surface area contributed by atoms with Crippen LogP contribution in [0.15, 0.2) is 0 Å². The SMILES string of the molecule is COCCN(C(=O)CC(N)=S)C(C)COC. The molecule has 6 heteroatoms. The van der Waals surface area contributed by atoms with Crippen LogP contribution in [-0.4, -0.2) is 55.8 Å². The van der Waals surface area contributed by atoms with Crippen molar-refractivity contribution in [2.24, 2.45) is 5.73 Å². The van der Waals surface area contributed by atoms with Gasteiger partial charge < -0.3 is 20.1 Å². The van der Waals surface area contributed by atoms with Crippen molar-refractivity contribution in [1.29, 1.82) is 0 Å². The van der Waals surface area contributed by atoms with Gasteiger partial charge in [-0.05, 0) is 6.92 Å². The molecule has 0 heterocycles. The highest BCUT2D eigenvalue weighted by Crippen LogP contribution is 2.03. The molecule has 2 N–H and O–H groups in total. The molecule has 0 aliphatic heterocycles. The summed E-state index contributed by atoms with van der Waals surface area (Å²) in [6.45, 7) is 3.39. The number of carbonyl (C=O) groups is 1. The summed E-state index contributed by atoms with van der Waals surface area (Å²) in [7, 11) is 3.19. The van der Waals surface area contributed by atoms with Crippen molar-refractivity contribution in [1.82, 2.24) is 4.90 Å². The zero-order valence-electron chi connectivity index (χ0n) is 10.1. The van der Waals surface area contributed by atoms with Crippen LogP contribution in [0.1, 0.15) is 13.3 Å². The van der Waals surface area contributed by atoms with Crippen LogP contribution in [0.2, 0.25) is 0 Å². The summed E-state index contributed by atoms with van der Waals surface area (Å²) in [5, 5.41) is 0. The van der Waals surface area contributed by atoms with Gasteiger partial charge in [0.1, 0.15) is 0 Å². The molecule has 0 spiro atoms. The van der Waals surface area contributed by atoms with Gasteiger partial charge in [-0.2, -0.15) is 0 Å². The van der Waals surface area contributed by atoms with Gasteiger partial charge in [-0.15, -0.1) is 0 Å². The molecule has 0 radical (unpaired) electrons. The van der Waals surface area contributed by atoms with Crippen LogP contribution < -0.4 is 5.73 Å². The van der Waals surface area contributed by atoms with Gasteiger partial charge >= 0.3 is 0 Å². The van der Waals surface area contributed by atoms with E-state index in [1.807, 2.05) is 6.92 Å². The van der Waals surface area contributed by atoms with Gasteiger partial charge in [0.15, 0.2) is 0 Å². The maximum atomic E-state index is 11.8. The van der Waals surface area contributed by atoms with E-state index in [0.29, 0.717) is 19.8 Å². The fraction of sp³-hybridized carbons (Fsp3) is 0.800. The molecule has 0 aliphatic rings. The van der Waals surface area contributed by atoms with Crippen LogP contribution in [-0.2, 0) is 14.3 Å². The van der Waals surface area contributed by atoms with E-state index in [1.165, 1.54) is 0 Å². The second kappa shape index (κ2) is 8.43. The van der Waals surface area contributed by atoms with E-state index in [1.54, 1.807) is 19.1 Å². The molecule has 0 aromatic carbocycles. The molecule has 16 heavy (non-hydrogen) atoms. The number of methoxy groups -OCH3 is 2. The Bertz CT molecular complexity index is 236. The number of hydrogen-bond acceptors (Lipinski definition) is 4. The molecule has 0 saturated heterocycles. The third-order valence-corrected chi connectivity index (χ3v) is 2.27. The van der Waals surface area contributed by atoms with E-state index in [9.17, 15) is 4.79 Å². The maximum Gasteiger partial charge on any atom is 0.229 e. The number of carbonyl (C=O) groups excluding carboxylic acids is 1. The van der Waals surface area contributed by atoms with E-state index in [2.05, 4.69) is 0 Å². The van der Waals surface area contributed by atoms with E-state index in [4.69, 9.17) is 27.4 Å². The van der Waals surface area contributed by atoms with Crippen molar-refractivity contribution < 1.29 is 14.3 Å². The summed E-state index contributed by atoms with van der Waals surface area (Å²) in [5.74, 6) is -0.0888. The molecule has 1 atom stereocenters. The van der Waals surface area contributed by atoms with E-state index in [0.717, 1.165) is 0 Å². The molecule has 94 valence electrons. The molecule has 0 bridgehead atoms. The Balaban J connectivity index is 4.38. The summed E-state index contributed by atoms with van der Waals surface area (Å²) < 4.78 is 9.98. The lowest BCUT2D eigenvalue weighted by molar-refractivity contribution is -0.133. The fourth-order valence-corrected chi connectivity index (χ4v) is 1.49. The van der Waals surface area contributed by atoms with Crippen molar-refractivity contribution in [3.05, 3.63) is 0 Å². The van der Waals surface area contributed by atoms with E-state index in [-0.39, 0.29) is 23.4 Å². The first-order chi connectivity index (χ1) is 7.52. The highest BCUT2D eigenvalue weighted by molar-refractivity contribution is 7.80. The van der Waals surface area contributed by atoms with Gasteiger partial charge in [-0.1, -0.05) is 12.2 Å². The van der Waals surface area contributed by atoms with Gasteiger partial charge in [-0.25, -0.2) is 0 Å². The van der Waals surface area contributed by atoms with Crippen LogP contribution in [0.3, 0.4) is 0 Å². The van der Waals surface area contributed by atoms with Crippen LogP contribution >= 0.6 is 12.2 Å². The van der Waals surface area contributed by atoms with Crippen LogP contribution in [0.5, 0.6) is 0 Å². The Kier molecular flexibility index (Phi) is 8.05. The van der Waals surface area contributed by atoms with Gasteiger partial charge in [0.2, 0.25) is 5.91 Å². The van der Waals surface area contributed by atoms with Crippen molar-refractivity contribution >= 4 is 23.1 Å². The summed E-state index contributed by atoms with van der Waals surface area (Å²) >= 11 is 4.72. The van der Waals surface area contributed by atoms with E-state index >= 15 is 0 Å². The Morgan fingerprint density at radius 2 is 2.06 bits per heavy atom. The molecule has 0 rings (SSSR count). The molecule has 5 nitrogen and oxygen atoms in total. The topological polar surface area (TPSA) is 64.8 Å². The molecule has 0 saturated carbocycles. The molecule has 1 amide bonds. The maximum absolute atomic E-state index is 11.8. The van der Waals surface area contributed by atoms with Crippen LogP contribution in [0, 0.1) is 0 Å². The normalized spacial score (nSPS) is 12.2. The van der Waals surface area contributed by atoms with Crippen LogP contribution in [0.25, 0.3) is 0 Å². The third kappa shape index (κ3) is 5.99. The lowest BCUT2D eigenvalue weighted by Gasteiger charge is -2.28. The van der Waals surface area contributed by atoms with Gasteiger partial charge in [-0.3, -0.25) is 4.79 Å². The molecule has 0 aromatic rings. The minimum Gasteiger partial charge on any atom is -0.393 e. The Hall–Kier alpha value is -0.720. The summed E-state index contributed by atoms with van der Waals surface area (Å²) in [6.07, 6.45) is 0.0904. The quantitative estimate of drug-likeness (QED) is 0.620. The second-order valence-electron chi connectivity index (χ2n) is 3.53. The highest BCUT2D eigenvalue weighted by Gasteiger charge is 2.19. The van der Waals surface area contributed by atoms with Gasteiger partial charge in [0.25, 0.3) is 0 Å². The van der Waals surface area contributed by atoms with E-state index < -0.39 is 0 Å². The summed E-state index contributed by atoms with van der Waals surface area (Å²) in [4.78, 5) is 13.7. The summed E-state index contributed by atoms with van der Waals surface area (Å²) in [6, 6.07) is -0.0120. The minimum atomic E-state index is -0.0888. The number of thiocarbonyl (C=S) groups is 1. The molecular formula is C10H20N2O3S. The monoisotopic (exact) mass is 248 g/mol. The average Bonchev–Trinajstić information content (AvgIpc) is 2.17. The van der Waals surface area contributed by atoms with Crippen molar-refractivity contribution in [3.63, 3.8) is 0 Å². The number of rotatable bonds is 8. The standard InChI is InChI=1S/C10H20N2O3S/c1-8(7-15-3)12(4-5-14-2)10(13)6-9(11)16/h8H,4-7H2,1-3H3,(H2,11,16). The fourth-order valence-electron chi connectivity index (χ4n) is 1.36. The smallest absolute Gasteiger partial charge is 0.229 e.